The molecule has 0 saturated heterocycles. The fraction of sp³-hybridized carbons (Fsp3) is 0.407. The van der Waals surface area contributed by atoms with Crippen LogP contribution in [0.1, 0.15) is 55.0 Å². The molecular weight excluding hydrogens is 457 g/mol. The molecule has 0 spiro atoms. The lowest BCUT2D eigenvalue weighted by atomic mass is 10.1. The van der Waals surface area contributed by atoms with E-state index in [-0.39, 0.29) is 17.8 Å². The SMILES string of the molecule is CC(C)NC(=O)c1cnc(Nc2ccc3c(c2)CC(N(C)C)C3)cc1Nc1ccnc(C(C)(C)F)n1. The minimum atomic E-state index is -1.69. The lowest BCUT2D eigenvalue weighted by Gasteiger charge is -2.17. The van der Waals surface area contributed by atoms with Crippen molar-refractivity contribution in [2.75, 3.05) is 24.7 Å². The van der Waals surface area contributed by atoms with Gasteiger partial charge in [-0.2, -0.15) is 0 Å². The molecule has 4 rings (SSSR count). The average Bonchev–Trinajstić information content (AvgIpc) is 3.22. The molecule has 0 saturated carbocycles. The second kappa shape index (κ2) is 10.2. The molecule has 190 valence electrons. The maximum absolute atomic E-state index is 14.4. The highest BCUT2D eigenvalue weighted by Crippen LogP contribution is 2.30. The van der Waals surface area contributed by atoms with Gasteiger partial charge >= 0.3 is 0 Å². The van der Waals surface area contributed by atoms with Gasteiger partial charge in [0, 0.05) is 36.2 Å². The number of amides is 1. The van der Waals surface area contributed by atoms with E-state index >= 15 is 0 Å². The first-order valence-electron chi connectivity index (χ1n) is 12.1. The molecular formula is C27H34FN7O. The van der Waals surface area contributed by atoms with E-state index in [2.05, 4.69) is 62.0 Å². The molecule has 1 unspecified atom stereocenters. The van der Waals surface area contributed by atoms with Gasteiger partial charge in [-0.05, 0) is 84.0 Å². The number of rotatable bonds is 8. The fourth-order valence-electron chi connectivity index (χ4n) is 4.19. The van der Waals surface area contributed by atoms with Gasteiger partial charge < -0.3 is 20.9 Å². The van der Waals surface area contributed by atoms with Crippen LogP contribution in [0, 0.1) is 0 Å². The lowest BCUT2D eigenvalue weighted by Crippen LogP contribution is -2.30. The highest BCUT2D eigenvalue weighted by atomic mass is 19.1. The second-order valence-electron chi connectivity index (χ2n) is 10.2. The molecule has 36 heavy (non-hydrogen) atoms. The minimum Gasteiger partial charge on any atom is -0.350 e. The minimum absolute atomic E-state index is 0.0430. The van der Waals surface area contributed by atoms with Gasteiger partial charge in [-0.15, -0.1) is 0 Å². The summed E-state index contributed by atoms with van der Waals surface area (Å²) in [6, 6.07) is 10.2. The number of hydrogen-bond acceptors (Lipinski definition) is 7. The monoisotopic (exact) mass is 491 g/mol. The number of nitrogens with one attached hydrogen (secondary N) is 3. The highest BCUT2D eigenvalue weighted by Gasteiger charge is 2.24. The van der Waals surface area contributed by atoms with E-state index in [9.17, 15) is 9.18 Å². The van der Waals surface area contributed by atoms with E-state index < -0.39 is 5.67 Å². The first-order valence-corrected chi connectivity index (χ1v) is 12.1. The number of hydrogen-bond donors (Lipinski definition) is 3. The van der Waals surface area contributed by atoms with Crippen LogP contribution in [-0.4, -0.2) is 51.9 Å². The maximum atomic E-state index is 14.4. The topological polar surface area (TPSA) is 95.1 Å². The third kappa shape index (κ3) is 5.96. The summed E-state index contributed by atoms with van der Waals surface area (Å²) < 4.78 is 14.4. The van der Waals surface area contributed by atoms with Crippen LogP contribution in [0.2, 0.25) is 0 Å². The quantitative estimate of drug-likeness (QED) is 0.419. The van der Waals surface area contributed by atoms with Crippen molar-refractivity contribution >= 4 is 28.9 Å². The summed E-state index contributed by atoms with van der Waals surface area (Å²) in [4.78, 5) is 27.9. The van der Waals surface area contributed by atoms with Gasteiger partial charge in [-0.25, -0.2) is 19.3 Å². The standard InChI is InChI=1S/C27H34FN7O/c1-16(2)31-25(36)21-15-30-24(14-22(21)33-23-9-10-29-26(34-23)27(3,4)28)32-19-8-7-17-12-20(35(5)6)13-18(17)11-19/h7-11,14-16,20H,12-13H2,1-6H3,(H,31,36)(H2,29,30,32,33,34). The number of alkyl halides is 1. The van der Waals surface area contributed by atoms with Crippen molar-refractivity contribution in [1.82, 2.24) is 25.2 Å². The van der Waals surface area contributed by atoms with Crippen LogP contribution in [0.3, 0.4) is 0 Å². The number of carbonyl (C=O) groups excluding carboxylic acids is 1. The summed E-state index contributed by atoms with van der Waals surface area (Å²) in [6.45, 7) is 6.59. The number of halogens is 1. The number of anilines is 4. The zero-order valence-electron chi connectivity index (χ0n) is 21.7. The fourth-order valence-corrected chi connectivity index (χ4v) is 4.19. The first-order chi connectivity index (χ1) is 17.0. The zero-order chi connectivity index (χ0) is 26.0. The van der Waals surface area contributed by atoms with Crippen molar-refractivity contribution in [2.24, 2.45) is 0 Å². The number of carbonyl (C=O) groups is 1. The van der Waals surface area contributed by atoms with Gasteiger partial charge in [0.15, 0.2) is 11.5 Å². The molecule has 1 amide bonds. The number of benzene rings is 1. The van der Waals surface area contributed by atoms with Gasteiger partial charge in [0.05, 0.1) is 11.3 Å². The normalized spacial score (nSPS) is 15.2. The van der Waals surface area contributed by atoms with E-state index in [4.69, 9.17) is 0 Å². The van der Waals surface area contributed by atoms with Crippen LogP contribution in [0.5, 0.6) is 0 Å². The van der Waals surface area contributed by atoms with Gasteiger partial charge in [-0.1, -0.05) is 6.07 Å². The Kier molecular flexibility index (Phi) is 7.21. The number of pyridine rings is 1. The van der Waals surface area contributed by atoms with Crippen molar-refractivity contribution in [3.05, 3.63) is 65.2 Å². The van der Waals surface area contributed by atoms with Crippen molar-refractivity contribution < 1.29 is 9.18 Å². The predicted octanol–water partition coefficient (Wildman–Crippen LogP) is 4.73. The van der Waals surface area contributed by atoms with E-state index in [1.807, 2.05) is 19.9 Å². The van der Waals surface area contributed by atoms with Gasteiger partial charge in [0.2, 0.25) is 0 Å². The van der Waals surface area contributed by atoms with Crippen LogP contribution < -0.4 is 16.0 Å². The van der Waals surface area contributed by atoms with Crippen molar-refractivity contribution in [2.45, 2.75) is 58.3 Å². The van der Waals surface area contributed by atoms with Crippen LogP contribution in [0.4, 0.5) is 27.4 Å². The van der Waals surface area contributed by atoms with Crippen LogP contribution in [0.15, 0.2) is 42.7 Å². The number of likely N-dealkylation sites (N-methyl/N-ethyl adjacent to an activating group) is 1. The smallest absolute Gasteiger partial charge is 0.255 e. The molecule has 0 fully saturated rings. The Morgan fingerprint density at radius 3 is 2.50 bits per heavy atom. The Bertz CT molecular complexity index is 1250. The summed E-state index contributed by atoms with van der Waals surface area (Å²) in [5.74, 6) is 0.746. The second-order valence-corrected chi connectivity index (χ2v) is 10.2. The average molecular weight is 492 g/mol. The molecule has 2 aromatic heterocycles. The molecule has 0 bridgehead atoms. The Hall–Kier alpha value is -3.59. The van der Waals surface area contributed by atoms with Crippen molar-refractivity contribution in [3.63, 3.8) is 0 Å². The van der Waals surface area contributed by atoms with E-state index in [1.165, 1.54) is 37.4 Å². The molecule has 1 atom stereocenters. The third-order valence-electron chi connectivity index (χ3n) is 6.14. The molecule has 0 radical (unpaired) electrons. The predicted molar refractivity (Wildman–Crippen MR) is 141 cm³/mol. The van der Waals surface area contributed by atoms with E-state index in [1.54, 1.807) is 12.1 Å². The van der Waals surface area contributed by atoms with Gasteiger partial charge in [-0.3, -0.25) is 4.79 Å². The third-order valence-corrected chi connectivity index (χ3v) is 6.14. The Balaban J connectivity index is 1.63. The number of fused-ring (bicyclic) bond motifs is 1. The van der Waals surface area contributed by atoms with Gasteiger partial charge in [0.25, 0.3) is 5.91 Å². The van der Waals surface area contributed by atoms with Crippen molar-refractivity contribution in [1.29, 1.82) is 0 Å². The van der Waals surface area contributed by atoms with E-state index in [0.29, 0.717) is 28.9 Å². The Labute approximate surface area is 211 Å². The molecule has 0 aliphatic heterocycles. The van der Waals surface area contributed by atoms with E-state index in [0.717, 1.165) is 18.5 Å². The molecule has 3 N–H and O–H groups in total. The first kappa shape index (κ1) is 25.5. The van der Waals surface area contributed by atoms with Crippen molar-refractivity contribution in [3.8, 4) is 0 Å². The number of nitrogens with zero attached hydrogens (tertiary/aromatic N) is 4. The molecule has 1 aliphatic carbocycles. The van der Waals surface area contributed by atoms with Gasteiger partial charge in [0.1, 0.15) is 11.6 Å². The molecule has 2 heterocycles. The number of aromatic nitrogens is 3. The zero-order valence-corrected chi connectivity index (χ0v) is 21.7. The molecule has 9 heteroatoms. The summed E-state index contributed by atoms with van der Waals surface area (Å²) in [5.41, 5.74) is 2.78. The molecule has 1 aromatic carbocycles. The molecule has 3 aromatic rings. The molecule has 1 aliphatic rings. The summed E-state index contributed by atoms with van der Waals surface area (Å²) in [7, 11) is 4.22. The summed E-state index contributed by atoms with van der Waals surface area (Å²) >= 11 is 0. The lowest BCUT2D eigenvalue weighted by molar-refractivity contribution is 0.0943. The highest BCUT2D eigenvalue weighted by molar-refractivity contribution is 6.00. The largest absolute Gasteiger partial charge is 0.350 e. The van der Waals surface area contributed by atoms with Crippen LogP contribution >= 0.6 is 0 Å². The Morgan fingerprint density at radius 2 is 1.81 bits per heavy atom. The summed E-state index contributed by atoms with van der Waals surface area (Å²) in [6.07, 6.45) is 5.07. The summed E-state index contributed by atoms with van der Waals surface area (Å²) in [5, 5.41) is 9.41. The maximum Gasteiger partial charge on any atom is 0.255 e. The molecule has 8 nitrogen and oxygen atoms in total. The van der Waals surface area contributed by atoms with Crippen LogP contribution in [0.25, 0.3) is 0 Å². The van der Waals surface area contributed by atoms with Crippen LogP contribution in [-0.2, 0) is 18.5 Å². The Morgan fingerprint density at radius 1 is 1.06 bits per heavy atom.